The zero-order chi connectivity index (χ0) is 12.5. The molecule has 0 saturated carbocycles. The van der Waals surface area contributed by atoms with E-state index in [0.717, 1.165) is 31.1 Å². The maximum atomic E-state index is 5.62. The van der Waals surface area contributed by atoms with Gasteiger partial charge in [-0.3, -0.25) is 0 Å². The van der Waals surface area contributed by atoms with Crippen LogP contribution >= 0.6 is 0 Å². The molecule has 4 heteroatoms. The maximum Gasteiger partial charge on any atom is 0.168 e. The fraction of sp³-hybridized carbons (Fsp3) is 0.615. The fourth-order valence-electron chi connectivity index (χ4n) is 1.92. The molecule has 4 nitrogen and oxygen atoms in total. The van der Waals surface area contributed by atoms with Gasteiger partial charge in [-0.05, 0) is 37.4 Å². The number of pyridine rings is 1. The van der Waals surface area contributed by atoms with E-state index < -0.39 is 0 Å². The number of anilines is 1. The summed E-state index contributed by atoms with van der Waals surface area (Å²) in [7, 11) is 1.66. The molecule has 96 valence electrons. The van der Waals surface area contributed by atoms with Crippen LogP contribution in [0.25, 0.3) is 0 Å². The highest BCUT2D eigenvalue weighted by atomic mass is 16.5. The zero-order valence-electron chi connectivity index (χ0n) is 10.8. The Balaban J connectivity index is 2.52. The van der Waals surface area contributed by atoms with Crippen LogP contribution in [0.3, 0.4) is 0 Å². The Morgan fingerprint density at radius 2 is 2.29 bits per heavy atom. The van der Waals surface area contributed by atoms with Gasteiger partial charge in [0.1, 0.15) is 0 Å². The van der Waals surface area contributed by atoms with Crippen molar-refractivity contribution in [3.8, 4) is 5.75 Å². The molecule has 0 radical (unpaired) electrons. The second kappa shape index (κ2) is 7.90. The van der Waals surface area contributed by atoms with Gasteiger partial charge in [0.2, 0.25) is 0 Å². The largest absolute Gasteiger partial charge is 0.493 e. The van der Waals surface area contributed by atoms with Gasteiger partial charge in [0.25, 0.3) is 0 Å². The third-order valence-corrected chi connectivity index (χ3v) is 2.82. The summed E-state index contributed by atoms with van der Waals surface area (Å²) in [4.78, 5) is 4.27. The summed E-state index contributed by atoms with van der Waals surface area (Å²) in [5.41, 5.74) is 5.62. The first-order valence-electron chi connectivity index (χ1n) is 6.24. The quantitative estimate of drug-likeness (QED) is 0.728. The molecule has 1 aromatic heterocycles. The lowest BCUT2D eigenvalue weighted by Crippen LogP contribution is -2.18. The molecule has 1 atom stereocenters. The van der Waals surface area contributed by atoms with Crippen molar-refractivity contribution in [1.29, 1.82) is 0 Å². The second-order valence-electron chi connectivity index (χ2n) is 4.17. The number of nitrogens with one attached hydrogen (secondary N) is 1. The van der Waals surface area contributed by atoms with Crippen molar-refractivity contribution in [2.45, 2.75) is 26.2 Å². The molecule has 1 unspecified atom stereocenters. The molecule has 0 spiro atoms. The third kappa shape index (κ3) is 4.61. The number of hydrogen-bond acceptors (Lipinski definition) is 4. The molecule has 0 fully saturated rings. The van der Waals surface area contributed by atoms with E-state index in [1.54, 1.807) is 13.3 Å². The summed E-state index contributed by atoms with van der Waals surface area (Å²) in [6.07, 6.45) is 5.20. The van der Waals surface area contributed by atoms with E-state index in [1.165, 1.54) is 12.8 Å². The number of nitrogens with two attached hydrogens (primary N) is 1. The molecule has 0 aliphatic heterocycles. The average molecular weight is 237 g/mol. The number of nitrogens with zero attached hydrogens (tertiary/aromatic N) is 1. The number of ether oxygens (including phenoxy) is 1. The summed E-state index contributed by atoms with van der Waals surface area (Å²) in [5, 5.41) is 3.34. The molecular formula is C13H23N3O. The lowest BCUT2D eigenvalue weighted by Gasteiger charge is -2.17. The molecule has 1 heterocycles. The Morgan fingerprint density at radius 1 is 1.47 bits per heavy atom. The number of aromatic nitrogens is 1. The summed E-state index contributed by atoms with van der Waals surface area (Å²) < 4.78 is 5.25. The predicted molar refractivity (Wildman–Crippen MR) is 71.3 cm³/mol. The zero-order valence-corrected chi connectivity index (χ0v) is 10.8. The fourth-order valence-corrected chi connectivity index (χ4v) is 1.92. The predicted octanol–water partition coefficient (Wildman–Crippen LogP) is 2.27. The van der Waals surface area contributed by atoms with E-state index in [2.05, 4.69) is 17.2 Å². The third-order valence-electron chi connectivity index (χ3n) is 2.82. The topological polar surface area (TPSA) is 60.2 Å². The minimum absolute atomic E-state index is 0.608. The highest BCUT2D eigenvalue weighted by Gasteiger charge is 2.09. The van der Waals surface area contributed by atoms with Crippen LogP contribution in [-0.4, -0.2) is 25.2 Å². The Bertz CT molecular complexity index is 311. The summed E-state index contributed by atoms with van der Waals surface area (Å²) in [6.45, 7) is 3.84. The van der Waals surface area contributed by atoms with Crippen LogP contribution in [0.15, 0.2) is 18.3 Å². The van der Waals surface area contributed by atoms with Crippen LogP contribution in [0.1, 0.15) is 26.2 Å². The van der Waals surface area contributed by atoms with Crippen molar-refractivity contribution in [2.75, 3.05) is 25.5 Å². The van der Waals surface area contributed by atoms with E-state index in [9.17, 15) is 0 Å². The lowest BCUT2D eigenvalue weighted by atomic mass is 10.00. The van der Waals surface area contributed by atoms with E-state index in [-0.39, 0.29) is 0 Å². The van der Waals surface area contributed by atoms with Gasteiger partial charge < -0.3 is 15.8 Å². The van der Waals surface area contributed by atoms with E-state index in [0.29, 0.717) is 5.92 Å². The molecule has 0 amide bonds. The Kier molecular flexibility index (Phi) is 6.40. The maximum absolute atomic E-state index is 5.62. The first-order chi connectivity index (χ1) is 8.31. The van der Waals surface area contributed by atoms with Crippen molar-refractivity contribution in [3.63, 3.8) is 0 Å². The van der Waals surface area contributed by atoms with E-state index in [4.69, 9.17) is 10.5 Å². The highest BCUT2D eigenvalue weighted by molar-refractivity contribution is 5.49. The van der Waals surface area contributed by atoms with E-state index >= 15 is 0 Å². The molecule has 1 aromatic rings. The van der Waals surface area contributed by atoms with Crippen LogP contribution in [0, 0.1) is 5.92 Å². The monoisotopic (exact) mass is 237 g/mol. The van der Waals surface area contributed by atoms with Crippen LogP contribution in [0.5, 0.6) is 5.75 Å². The molecule has 0 aliphatic rings. The Morgan fingerprint density at radius 3 is 2.94 bits per heavy atom. The molecule has 0 aliphatic carbocycles. The molecule has 0 saturated heterocycles. The van der Waals surface area contributed by atoms with Crippen LogP contribution in [0.4, 0.5) is 5.82 Å². The number of methoxy groups -OCH3 is 1. The van der Waals surface area contributed by atoms with Crippen molar-refractivity contribution >= 4 is 5.82 Å². The van der Waals surface area contributed by atoms with Gasteiger partial charge in [-0.25, -0.2) is 4.98 Å². The molecule has 0 aromatic carbocycles. The van der Waals surface area contributed by atoms with Crippen LogP contribution in [-0.2, 0) is 0 Å². The van der Waals surface area contributed by atoms with Gasteiger partial charge in [0.05, 0.1) is 7.11 Å². The van der Waals surface area contributed by atoms with Crippen LogP contribution in [0.2, 0.25) is 0 Å². The highest BCUT2D eigenvalue weighted by Crippen LogP contribution is 2.21. The number of hydrogen-bond donors (Lipinski definition) is 2. The van der Waals surface area contributed by atoms with Gasteiger partial charge >= 0.3 is 0 Å². The summed E-state index contributed by atoms with van der Waals surface area (Å²) in [6, 6.07) is 3.78. The minimum Gasteiger partial charge on any atom is -0.493 e. The molecule has 3 N–H and O–H groups in total. The SMILES string of the molecule is CCCC(CCN)CNc1ncccc1OC. The average Bonchev–Trinajstić information content (AvgIpc) is 2.37. The first-order valence-corrected chi connectivity index (χ1v) is 6.24. The van der Waals surface area contributed by atoms with Gasteiger partial charge in [0, 0.05) is 12.7 Å². The van der Waals surface area contributed by atoms with Gasteiger partial charge in [-0.1, -0.05) is 13.3 Å². The van der Waals surface area contributed by atoms with Gasteiger partial charge in [-0.2, -0.15) is 0 Å². The van der Waals surface area contributed by atoms with E-state index in [1.807, 2.05) is 12.1 Å². The summed E-state index contributed by atoms with van der Waals surface area (Å²) >= 11 is 0. The Hall–Kier alpha value is -1.29. The molecular weight excluding hydrogens is 214 g/mol. The van der Waals surface area contributed by atoms with Crippen LogP contribution < -0.4 is 15.8 Å². The summed E-state index contributed by atoms with van der Waals surface area (Å²) in [5.74, 6) is 2.21. The molecule has 1 rings (SSSR count). The first kappa shape index (κ1) is 13.8. The second-order valence-corrected chi connectivity index (χ2v) is 4.17. The molecule has 0 bridgehead atoms. The Labute approximate surface area is 104 Å². The van der Waals surface area contributed by atoms with Crippen molar-refractivity contribution in [2.24, 2.45) is 11.7 Å². The standard InChI is InChI=1S/C13H23N3O/c1-3-5-11(7-8-14)10-16-13-12(17-2)6-4-9-15-13/h4,6,9,11H,3,5,7-8,10,14H2,1-2H3,(H,15,16). The minimum atomic E-state index is 0.608. The van der Waals surface area contributed by atoms with Gasteiger partial charge in [0.15, 0.2) is 11.6 Å². The van der Waals surface area contributed by atoms with Crippen molar-refractivity contribution in [3.05, 3.63) is 18.3 Å². The van der Waals surface area contributed by atoms with Crippen molar-refractivity contribution in [1.82, 2.24) is 4.98 Å². The smallest absolute Gasteiger partial charge is 0.168 e. The normalized spacial score (nSPS) is 12.2. The van der Waals surface area contributed by atoms with Crippen molar-refractivity contribution < 1.29 is 4.74 Å². The molecule has 17 heavy (non-hydrogen) atoms. The van der Waals surface area contributed by atoms with Gasteiger partial charge in [-0.15, -0.1) is 0 Å². The lowest BCUT2D eigenvalue weighted by molar-refractivity contribution is 0.413. The number of rotatable bonds is 8.